The van der Waals surface area contributed by atoms with Gasteiger partial charge in [0.2, 0.25) is 5.88 Å². The molecule has 6 nitrogen and oxygen atoms in total. The molecule has 1 atom stereocenters. The largest absolute Gasteiger partial charge is 0.439 e. The molecule has 1 amide bonds. The number of nitrogens with two attached hydrogens (primary N) is 1. The molecule has 146 valence electrons. The van der Waals surface area contributed by atoms with Crippen LogP contribution in [0, 0.1) is 0 Å². The first-order valence-electron chi connectivity index (χ1n) is 8.59. The van der Waals surface area contributed by atoms with Crippen LogP contribution >= 0.6 is 12.4 Å². The zero-order valence-electron chi connectivity index (χ0n) is 15.1. The summed E-state index contributed by atoms with van der Waals surface area (Å²) in [7, 11) is 0. The molecule has 28 heavy (non-hydrogen) atoms. The van der Waals surface area contributed by atoms with Crippen molar-refractivity contribution in [2.24, 2.45) is 5.73 Å². The van der Waals surface area contributed by atoms with Crippen molar-refractivity contribution < 1.29 is 14.6 Å². The number of aromatic nitrogens is 1. The van der Waals surface area contributed by atoms with Gasteiger partial charge in [0.05, 0.1) is 12.6 Å². The number of benzene rings is 2. The van der Waals surface area contributed by atoms with Crippen LogP contribution in [0.2, 0.25) is 0 Å². The molecule has 0 aliphatic heterocycles. The maximum absolute atomic E-state index is 12.6. The fraction of sp³-hybridized carbons (Fsp3) is 0.143. The van der Waals surface area contributed by atoms with Gasteiger partial charge in [-0.25, -0.2) is 4.98 Å². The topological polar surface area (TPSA) is 97.5 Å². The SMILES string of the molecule is Cl.NCc1ccnc(Oc2cccc(C(=O)NC(CO)c3ccccc3)c2)c1. The summed E-state index contributed by atoms with van der Waals surface area (Å²) in [6, 6.07) is 19.2. The van der Waals surface area contributed by atoms with E-state index in [1.807, 2.05) is 36.4 Å². The first kappa shape index (κ1) is 21.4. The smallest absolute Gasteiger partial charge is 0.251 e. The molecular formula is C21H22ClN3O3. The minimum Gasteiger partial charge on any atom is -0.439 e. The lowest BCUT2D eigenvalue weighted by atomic mass is 10.1. The molecule has 1 aromatic heterocycles. The highest BCUT2D eigenvalue weighted by Crippen LogP contribution is 2.22. The van der Waals surface area contributed by atoms with Gasteiger partial charge in [0.15, 0.2) is 0 Å². The van der Waals surface area contributed by atoms with E-state index in [0.717, 1.165) is 11.1 Å². The number of hydrogen-bond acceptors (Lipinski definition) is 5. The molecule has 2 aromatic carbocycles. The van der Waals surface area contributed by atoms with Crippen molar-refractivity contribution in [2.75, 3.05) is 6.61 Å². The van der Waals surface area contributed by atoms with Gasteiger partial charge in [-0.1, -0.05) is 36.4 Å². The summed E-state index contributed by atoms with van der Waals surface area (Å²) in [6.07, 6.45) is 1.62. The normalized spacial score (nSPS) is 11.2. The lowest BCUT2D eigenvalue weighted by molar-refractivity contribution is 0.0916. The lowest BCUT2D eigenvalue weighted by Gasteiger charge is -2.17. The fourth-order valence-corrected chi connectivity index (χ4v) is 2.62. The molecule has 3 rings (SSSR count). The van der Waals surface area contributed by atoms with Crippen LogP contribution in [-0.2, 0) is 6.54 Å². The Hall–Kier alpha value is -2.93. The van der Waals surface area contributed by atoms with E-state index in [1.165, 1.54) is 0 Å². The number of ether oxygens (including phenoxy) is 1. The van der Waals surface area contributed by atoms with Gasteiger partial charge in [-0.15, -0.1) is 12.4 Å². The van der Waals surface area contributed by atoms with E-state index in [1.54, 1.807) is 36.5 Å². The maximum Gasteiger partial charge on any atom is 0.251 e. The Labute approximate surface area is 169 Å². The Kier molecular flexibility index (Phi) is 7.95. The highest BCUT2D eigenvalue weighted by atomic mass is 35.5. The van der Waals surface area contributed by atoms with Crippen LogP contribution in [-0.4, -0.2) is 22.6 Å². The molecule has 0 aliphatic carbocycles. The molecule has 0 radical (unpaired) electrons. The average Bonchev–Trinajstić information content (AvgIpc) is 2.72. The predicted octanol–water partition coefficient (Wildman–Crippen LogP) is 3.22. The first-order valence-corrected chi connectivity index (χ1v) is 8.59. The number of nitrogens with zero attached hydrogens (tertiary/aromatic N) is 1. The molecular weight excluding hydrogens is 378 g/mol. The molecule has 1 heterocycles. The molecule has 0 spiro atoms. The second-order valence-corrected chi connectivity index (χ2v) is 5.96. The highest BCUT2D eigenvalue weighted by molar-refractivity contribution is 5.94. The maximum atomic E-state index is 12.6. The average molecular weight is 400 g/mol. The number of rotatable bonds is 7. The van der Waals surface area contributed by atoms with Crippen molar-refractivity contribution in [3.63, 3.8) is 0 Å². The van der Waals surface area contributed by atoms with Crippen LogP contribution in [0.15, 0.2) is 72.9 Å². The quantitative estimate of drug-likeness (QED) is 0.566. The molecule has 0 saturated carbocycles. The Bertz CT molecular complexity index is 906. The van der Waals surface area contributed by atoms with E-state index in [0.29, 0.717) is 23.7 Å². The van der Waals surface area contributed by atoms with E-state index in [-0.39, 0.29) is 24.9 Å². The minimum atomic E-state index is -0.480. The van der Waals surface area contributed by atoms with Crippen molar-refractivity contribution in [3.8, 4) is 11.6 Å². The zero-order valence-corrected chi connectivity index (χ0v) is 15.9. The lowest BCUT2D eigenvalue weighted by Crippen LogP contribution is -2.30. The van der Waals surface area contributed by atoms with Crippen LogP contribution in [0.25, 0.3) is 0 Å². The summed E-state index contributed by atoms with van der Waals surface area (Å²) in [5.74, 6) is 0.602. The summed E-state index contributed by atoms with van der Waals surface area (Å²) < 4.78 is 5.73. The van der Waals surface area contributed by atoms with Crippen molar-refractivity contribution in [3.05, 3.63) is 89.6 Å². The standard InChI is InChI=1S/C21H21N3O3.ClH/c22-13-15-9-10-23-20(11-15)27-18-8-4-7-17(12-18)21(26)24-19(14-25)16-5-2-1-3-6-16;/h1-12,19,25H,13-14,22H2,(H,24,26);1H. The Morgan fingerprint density at radius 2 is 1.89 bits per heavy atom. The molecule has 3 aromatic rings. The van der Waals surface area contributed by atoms with E-state index >= 15 is 0 Å². The molecule has 4 N–H and O–H groups in total. The minimum absolute atomic E-state index is 0. The Morgan fingerprint density at radius 3 is 2.61 bits per heavy atom. The third-order valence-corrected chi connectivity index (χ3v) is 4.04. The van der Waals surface area contributed by atoms with Crippen LogP contribution in [0.5, 0.6) is 11.6 Å². The van der Waals surface area contributed by atoms with Gasteiger partial charge < -0.3 is 20.9 Å². The van der Waals surface area contributed by atoms with Gasteiger partial charge in [-0.3, -0.25) is 4.79 Å². The van der Waals surface area contributed by atoms with Gasteiger partial charge in [-0.2, -0.15) is 0 Å². The van der Waals surface area contributed by atoms with Crippen LogP contribution in [0.1, 0.15) is 27.5 Å². The predicted molar refractivity (Wildman–Crippen MR) is 110 cm³/mol. The molecule has 0 saturated heterocycles. The summed E-state index contributed by atoms with van der Waals surface area (Å²) in [6.45, 7) is 0.200. The van der Waals surface area contributed by atoms with Crippen molar-refractivity contribution in [1.82, 2.24) is 10.3 Å². The number of amides is 1. The number of hydrogen-bond donors (Lipinski definition) is 3. The second kappa shape index (κ2) is 10.4. The van der Waals surface area contributed by atoms with Gasteiger partial charge in [0, 0.05) is 24.4 Å². The van der Waals surface area contributed by atoms with E-state index in [2.05, 4.69) is 10.3 Å². The molecule has 0 bridgehead atoms. The van der Waals surface area contributed by atoms with Gasteiger partial charge in [0.25, 0.3) is 5.91 Å². The molecule has 7 heteroatoms. The molecule has 0 aliphatic rings. The zero-order chi connectivity index (χ0) is 19.1. The van der Waals surface area contributed by atoms with Crippen LogP contribution in [0.4, 0.5) is 0 Å². The third kappa shape index (κ3) is 5.53. The Morgan fingerprint density at radius 1 is 1.11 bits per heavy atom. The third-order valence-electron chi connectivity index (χ3n) is 4.04. The van der Waals surface area contributed by atoms with Crippen molar-refractivity contribution in [1.29, 1.82) is 0 Å². The van der Waals surface area contributed by atoms with Gasteiger partial charge in [-0.05, 0) is 35.4 Å². The van der Waals surface area contributed by atoms with Gasteiger partial charge >= 0.3 is 0 Å². The molecule has 0 fully saturated rings. The molecule has 1 unspecified atom stereocenters. The second-order valence-electron chi connectivity index (χ2n) is 5.96. The number of carbonyl (C=O) groups excluding carboxylic acids is 1. The number of nitrogens with one attached hydrogen (secondary N) is 1. The first-order chi connectivity index (χ1) is 13.2. The van der Waals surface area contributed by atoms with E-state index in [4.69, 9.17) is 10.5 Å². The Balaban J connectivity index is 0.00000280. The van der Waals surface area contributed by atoms with E-state index < -0.39 is 6.04 Å². The number of carbonyl (C=O) groups is 1. The highest BCUT2D eigenvalue weighted by Gasteiger charge is 2.15. The summed E-state index contributed by atoms with van der Waals surface area (Å²) in [5, 5.41) is 12.4. The number of aliphatic hydroxyl groups excluding tert-OH is 1. The van der Waals surface area contributed by atoms with Gasteiger partial charge in [0.1, 0.15) is 5.75 Å². The number of pyridine rings is 1. The summed E-state index contributed by atoms with van der Waals surface area (Å²) in [4.78, 5) is 16.7. The van der Waals surface area contributed by atoms with Crippen molar-refractivity contribution in [2.45, 2.75) is 12.6 Å². The number of halogens is 1. The monoisotopic (exact) mass is 399 g/mol. The van der Waals surface area contributed by atoms with Crippen LogP contribution in [0.3, 0.4) is 0 Å². The fourth-order valence-electron chi connectivity index (χ4n) is 2.62. The summed E-state index contributed by atoms with van der Waals surface area (Å²) in [5.41, 5.74) is 7.80. The summed E-state index contributed by atoms with van der Waals surface area (Å²) >= 11 is 0. The van der Waals surface area contributed by atoms with Crippen molar-refractivity contribution >= 4 is 18.3 Å². The number of aliphatic hydroxyl groups is 1. The van der Waals surface area contributed by atoms with Crippen LogP contribution < -0.4 is 15.8 Å². The van der Waals surface area contributed by atoms with E-state index in [9.17, 15) is 9.90 Å².